The highest BCUT2D eigenvalue weighted by Gasteiger charge is 2.29. The lowest BCUT2D eigenvalue weighted by Crippen LogP contribution is -2.36. The Morgan fingerprint density at radius 3 is 1.48 bits per heavy atom. The standard InChI is InChI=1S/C25H29NO/c1-20(21(2)27)25(24-16-10-5-11-17-24)26(18-22-12-6-3-7-13-22)19-23-14-8-4-9-15-23/h3-17,20-21,25,27H,18-19H2,1-2H3/t20-,21+,25-/m1/s1. The molecule has 140 valence electrons. The topological polar surface area (TPSA) is 23.5 Å². The van der Waals surface area contributed by atoms with E-state index in [0.29, 0.717) is 0 Å². The second-order valence-electron chi connectivity index (χ2n) is 7.33. The predicted octanol–water partition coefficient (Wildman–Crippen LogP) is 5.45. The molecule has 2 heteroatoms. The van der Waals surface area contributed by atoms with Gasteiger partial charge in [0.15, 0.2) is 0 Å². The predicted molar refractivity (Wildman–Crippen MR) is 112 cm³/mol. The van der Waals surface area contributed by atoms with Gasteiger partial charge in [0, 0.05) is 25.0 Å². The molecule has 0 aliphatic heterocycles. The summed E-state index contributed by atoms with van der Waals surface area (Å²) in [7, 11) is 0. The molecule has 0 aromatic heterocycles. The number of aliphatic hydroxyl groups is 1. The Labute approximate surface area is 163 Å². The molecule has 0 aliphatic rings. The average molecular weight is 360 g/mol. The van der Waals surface area contributed by atoms with Crippen LogP contribution in [0.3, 0.4) is 0 Å². The third-order valence-corrected chi connectivity index (χ3v) is 5.25. The summed E-state index contributed by atoms with van der Waals surface area (Å²) in [5.41, 5.74) is 3.82. The highest BCUT2D eigenvalue weighted by Crippen LogP contribution is 2.33. The second kappa shape index (κ2) is 9.50. The van der Waals surface area contributed by atoms with Crippen molar-refractivity contribution in [2.75, 3.05) is 0 Å². The fourth-order valence-corrected chi connectivity index (χ4v) is 3.65. The minimum atomic E-state index is -0.385. The van der Waals surface area contributed by atoms with E-state index in [1.54, 1.807) is 0 Å². The molecule has 0 saturated carbocycles. The average Bonchev–Trinajstić information content (AvgIpc) is 2.70. The fourth-order valence-electron chi connectivity index (χ4n) is 3.65. The number of aliphatic hydroxyl groups excluding tert-OH is 1. The Bertz CT molecular complexity index is 745. The normalized spacial score (nSPS) is 14.7. The van der Waals surface area contributed by atoms with Gasteiger partial charge in [-0.15, -0.1) is 0 Å². The van der Waals surface area contributed by atoms with Gasteiger partial charge in [0.1, 0.15) is 0 Å². The number of hydrogen-bond donors (Lipinski definition) is 1. The lowest BCUT2D eigenvalue weighted by molar-refractivity contribution is 0.0465. The van der Waals surface area contributed by atoms with E-state index in [1.165, 1.54) is 16.7 Å². The maximum absolute atomic E-state index is 10.4. The van der Waals surface area contributed by atoms with E-state index >= 15 is 0 Å². The zero-order valence-electron chi connectivity index (χ0n) is 16.2. The highest BCUT2D eigenvalue weighted by molar-refractivity contribution is 5.23. The molecule has 0 radical (unpaired) electrons. The van der Waals surface area contributed by atoms with Crippen LogP contribution in [0.4, 0.5) is 0 Å². The van der Waals surface area contributed by atoms with Crippen LogP contribution in [0.5, 0.6) is 0 Å². The quantitative estimate of drug-likeness (QED) is 0.578. The largest absolute Gasteiger partial charge is 0.393 e. The van der Waals surface area contributed by atoms with Crippen LogP contribution in [-0.2, 0) is 13.1 Å². The molecule has 0 bridgehead atoms. The first-order chi connectivity index (χ1) is 13.1. The van der Waals surface area contributed by atoms with Gasteiger partial charge in [0.2, 0.25) is 0 Å². The molecule has 1 N–H and O–H groups in total. The summed E-state index contributed by atoms with van der Waals surface area (Å²) in [6.45, 7) is 5.72. The first kappa shape index (κ1) is 19.3. The molecule has 27 heavy (non-hydrogen) atoms. The summed E-state index contributed by atoms with van der Waals surface area (Å²) in [6.07, 6.45) is -0.385. The van der Waals surface area contributed by atoms with Crippen molar-refractivity contribution in [2.45, 2.75) is 39.1 Å². The van der Waals surface area contributed by atoms with Crippen LogP contribution in [0.25, 0.3) is 0 Å². The molecule has 0 heterocycles. The Kier molecular flexibility index (Phi) is 6.80. The van der Waals surface area contributed by atoms with Gasteiger partial charge in [-0.2, -0.15) is 0 Å². The van der Waals surface area contributed by atoms with Crippen molar-refractivity contribution in [2.24, 2.45) is 5.92 Å². The third-order valence-electron chi connectivity index (χ3n) is 5.25. The van der Waals surface area contributed by atoms with Crippen molar-refractivity contribution in [3.8, 4) is 0 Å². The zero-order valence-corrected chi connectivity index (χ0v) is 16.2. The molecular formula is C25H29NO. The molecule has 2 nitrogen and oxygen atoms in total. The highest BCUT2D eigenvalue weighted by atomic mass is 16.3. The molecule has 0 aliphatic carbocycles. The van der Waals surface area contributed by atoms with E-state index in [1.807, 2.05) is 13.0 Å². The van der Waals surface area contributed by atoms with E-state index in [0.717, 1.165) is 13.1 Å². The third kappa shape index (κ3) is 5.29. The van der Waals surface area contributed by atoms with Crippen LogP contribution < -0.4 is 0 Å². The van der Waals surface area contributed by atoms with Gasteiger partial charge in [-0.05, 0) is 23.6 Å². The monoisotopic (exact) mass is 359 g/mol. The van der Waals surface area contributed by atoms with E-state index in [4.69, 9.17) is 0 Å². The minimum absolute atomic E-state index is 0.111. The summed E-state index contributed by atoms with van der Waals surface area (Å²) >= 11 is 0. The van der Waals surface area contributed by atoms with Crippen molar-refractivity contribution < 1.29 is 5.11 Å². The van der Waals surface area contributed by atoms with Gasteiger partial charge in [-0.1, -0.05) is 97.9 Å². The fraction of sp³-hybridized carbons (Fsp3) is 0.280. The van der Waals surface area contributed by atoms with E-state index < -0.39 is 0 Å². The molecule has 0 unspecified atom stereocenters. The number of rotatable bonds is 8. The first-order valence-electron chi connectivity index (χ1n) is 9.70. The number of nitrogens with zero attached hydrogens (tertiary/aromatic N) is 1. The van der Waals surface area contributed by atoms with Gasteiger partial charge < -0.3 is 5.11 Å². The van der Waals surface area contributed by atoms with Crippen LogP contribution >= 0.6 is 0 Å². The molecule has 0 spiro atoms. The van der Waals surface area contributed by atoms with E-state index in [-0.39, 0.29) is 18.1 Å². The maximum Gasteiger partial charge on any atom is 0.0555 e. The van der Waals surface area contributed by atoms with Crippen LogP contribution in [0.1, 0.15) is 36.6 Å². The molecule has 0 amide bonds. The van der Waals surface area contributed by atoms with Gasteiger partial charge in [-0.25, -0.2) is 0 Å². The zero-order chi connectivity index (χ0) is 19.1. The lowest BCUT2D eigenvalue weighted by Gasteiger charge is -2.37. The molecule has 3 rings (SSSR count). The summed E-state index contributed by atoms with van der Waals surface area (Å²) < 4.78 is 0. The SMILES string of the molecule is C[C@H]([C@H](C)O)[C@H](c1ccccc1)N(Cc1ccccc1)Cc1ccccc1. The van der Waals surface area contributed by atoms with E-state index in [2.05, 4.69) is 96.8 Å². The van der Waals surface area contributed by atoms with Gasteiger partial charge in [-0.3, -0.25) is 4.90 Å². The van der Waals surface area contributed by atoms with Crippen LogP contribution in [0, 0.1) is 5.92 Å². The Balaban J connectivity index is 1.98. The van der Waals surface area contributed by atoms with Gasteiger partial charge >= 0.3 is 0 Å². The van der Waals surface area contributed by atoms with Crippen LogP contribution in [-0.4, -0.2) is 16.1 Å². The molecule has 0 saturated heterocycles. The van der Waals surface area contributed by atoms with Crippen LogP contribution in [0.2, 0.25) is 0 Å². The first-order valence-corrected chi connectivity index (χ1v) is 9.70. The molecule has 3 aromatic rings. The number of hydrogen-bond acceptors (Lipinski definition) is 2. The molecule has 0 fully saturated rings. The van der Waals surface area contributed by atoms with Crippen molar-refractivity contribution in [3.63, 3.8) is 0 Å². The second-order valence-corrected chi connectivity index (χ2v) is 7.33. The van der Waals surface area contributed by atoms with Crippen molar-refractivity contribution in [1.82, 2.24) is 4.90 Å². The minimum Gasteiger partial charge on any atom is -0.393 e. The summed E-state index contributed by atoms with van der Waals surface area (Å²) in [4.78, 5) is 2.48. The summed E-state index contributed by atoms with van der Waals surface area (Å²) in [5, 5.41) is 10.4. The van der Waals surface area contributed by atoms with E-state index in [9.17, 15) is 5.11 Å². The molecular weight excluding hydrogens is 330 g/mol. The number of benzene rings is 3. The van der Waals surface area contributed by atoms with Crippen molar-refractivity contribution >= 4 is 0 Å². The van der Waals surface area contributed by atoms with Crippen molar-refractivity contribution in [3.05, 3.63) is 108 Å². The Morgan fingerprint density at radius 1 is 0.667 bits per heavy atom. The molecule has 3 aromatic carbocycles. The van der Waals surface area contributed by atoms with Crippen LogP contribution in [0.15, 0.2) is 91.0 Å². The summed E-state index contributed by atoms with van der Waals surface area (Å²) in [5.74, 6) is 0.111. The van der Waals surface area contributed by atoms with Gasteiger partial charge in [0.25, 0.3) is 0 Å². The van der Waals surface area contributed by atoms with Crippen molar-refractivity contribution in [1.29, 1.82) is 0 Å². The Hall–Kier alpha value is -2.42. The van der Waals surface area contributed by atoms with Gasteiger partial charge in [0.05, 0.1) is 6.10 Å². The Morgan fingerprint density at radius 2 is 1.07 bits per heavy atom. The summed E-state index contributed by atoms with van der Waals surface area (Å²) in [6, 6.07) is 31.9. The lowest BCUT2D eigenvalue weighted by atomic mass is 9.88. The smallest absolute Gasteiger partial charge is 0.0555 e. The molecule has 3 atom stereocenters. The maximum atomic E-state index is 10.4.